The molecule has 0 bridgehead atoms. The van der Waals surface area contributed by atoms with Gasteiger partial charge in [-0.15, -0.1) is 11.3 Å². The first-order valence-electron chi connectivity index (χ1n) is 6.51. The van der Waals surface area contributed by atoms with E-state index >= 15 is 0 Å². The minimum Gasteiger partial charge on any atom is -0.378 e. The average Bonchev–Trinajstić information content (AvgIpc) is 2.64. The molecule has 0 saturated heterocycles. The van der Waals surface area contributed by atoms with Gasteiger partial charge in [0.1, 0.15) is 0 Å². The van der Waals surface area contributed by atoms with E-state index in [1.165, 1.54) is 32.1 Å². The molecule has 0 aliphatic rings. The van der Waals surface area contributed by atoms with Crippen molar-refractivity contribution in [2.24, 2.45) is 0 Å². The van der Waals surface area contributed by atoms with Gasteiger partial charge in [0.25, 0.3) is 0 Å². The lowest BCUT2D eigenvalue weighted by Gasteiger charge is -2.11. The highest BCUT2D eigenvalue weighted by atomic mass is 32.1. The molecule has 0 aliphatic heterocycles. The van der Waals surface area contributed by atoms with Crippen LogP contribution in [0.15, 0.2) is 24.3 Å². The maximum atomic E-state index is 2.23. The second-order valence-corrected chi connectivity index (χ2v) is 6.35. The van der Waals surface area contributed by atoms with Crippen molar-refractivity contribution in [1.29, 1.82) is 0 Å². The number of hydrogen-bond acceptors (Lipinski definition) is 2. The molecule has 100 valence electrons. The quantitative estimate of drug-likeness (QED) is 0.766. The highest BCUT2D eigenvalue weighted by Crippen LogP contribution is 2.28. The molecule has 2 rings (SSSR count). The lowest BCUT2D eigenvalue weighted by atomic mass is 10.1. The molecule has 1 nitrogen and oxygen atoms in total. The van der Waals surface area contributed by atoms with Gasteiger partial charge in [-0.1, -0.05) is 18.2 Å². The highest BCUT2D eigenvalue weighted by Gasteiger charge is 2.05. The SMILES string of the molecule is Cc1sc(/C=C/c2ccc(N(C)C)cc2)c(C)c1C. The van der Waals surface area contributed by atoms with Crippen LogP contribution in [-0.2, 0) is 0 Å². The van der Waals surface area contributed by atoms with E-state index in [9.17, 15) is 0 Å². The Labute approximate surface area is 120 Å². The van der Waals surface area contributed by atoms with Crippen molar-refractivity contribution in [2.75, 3.05) is 19.0 Å². The van der Waals surface area contributed by atoms with Gasteiger partial charge in [-0.3, -0.25) is 0 Å². The number of rotatable bonds is 3. The van der Waals surface area contributed by atoms with E-state index in [2.05, 4.69) is 76.2 Å². The number of nitrogens with zero attached hydrogens (tertiary/aromatic N) is 1. The summed E-state index contributed by atoms with van der Waals surface area (Å²) in [7, 11) is 4.12. The molecule has 0 N–H and O–H groups in total. The number of hydrogen-bond donors (Lipinski definition) is 0. The summed E-state index contributed by atoms with van der Waals surface area (Å²) in [6.45, 7) is 6.59. The summed E-state index contributed by atoms with van der Waals surface area (Å²) in [5.74, 6) is 0. The van der Waals surface area contributed by atoms with Gasteiger partial charge in [-0.2, -0.15) is 0 Å². The standard InChI is InChI=1S/C17H21NS/c1-12-13(2)17(19-14(12)3)11-8-15-6-9-16(10-7-15)18(4)5/h6-11H,1-5H3/b11-8+. The van der Waals surface area contributed by atoms with Crippen molar-refractivity contribution in [3.8, 4) is 0 Å². The van der Waals surface area contributed by atoms with Crippen LogP contribution in [0.25, 0.3) is 12.2 Å². The van der Waals surface area contributed by atoms with Gasteiger partial charge in [0, 0.05) is 29.5 Å². The van der Waals surface area contributed by atoms with E-state index in [1.807, 2.05) is 11.3 Å². The van der Waals surface area contributed by atoms with Gasteiger partial charge in [0.05, 0.1) is 0 Å². The Morgan fingerprint density at radius 1 is 0.895 bits per heavy atom. The zero-order valence-corrected chi connectivity index (χ0v) is 13.1. The van der Waals surface area contributed by atoms with E-state index in [0.29, 0.717) is 0 Å². The van der Waals surface area contributed by atoms with Crippen LogP contribution in [0.4, 0.5) is 5.69 Å². The molecule has 0 fully saturated rings. The third-order valence-electron chi connectivity index (χ3n) is 3.56. The third kappa shape index (κ3) is 3.07. The second-order valence-electron chi connectivity index (χ2n) is 5.09. The lowest BCUT2D eigenvalue weighted by molar-refractivity contribution is 1.13. The predicted molar refractivity (Wildman–Crippen MR) is 88.2 cm³/mol. The summed E-state index contributed by atoms with van der Waals surface area (Å²) in [6.07, 6.45) is 4.42. The van der Waals surface area contributed by atoms with Crippen LogP contribution >= 0.6 is 11.3 Å². The van der Waals surface area contributed by atoms with E-state index in [0.717, 1.165) is 0 Å². The smallest absolute Gasteiger partial charge is 0.0361 e. The summed E-state index contributed by atoms with van der Waals surface area (Å²) in [5, 5.41) is 0. The Balaban J connectivity index is 2.20. The zero-order chi connectivity index (χ0) is 14.0. The summed E-state index contributed by atoms with van der Waals surface area (Å²) >= 11 is 1.87. The maximum absolute atomic E-state index is 2.23. The fourth-order valence-corrected chi connectivity index (χ4v) is 3.06. The molecule has 0 saturated carbocycles. The van der Waals surface area contributed by atoms with Crippen molar-refractivity contribution in [3.63, 3.8) is 0 Å². The molecule has 2 heteroatoms. The number of thiophene rings is 1. The van der Waals surface area contributed by atoms with Crippen LogP contribution in [0.2, 0.25) is 0 Å². The first-order chi connectivity index (χ1) is 8.99. The first-order valence-corrected chi connectivity index (χ1v) is 7.32. The summed E-state index contributed by atoms with van der Waals surface area (Å²) in [5.41, 5.74) is 5.31. The van der Waals surface area contributed by atoms with Crippen molar-refractivity contribution in [2.45, 2.75) is 20.8 Å². The Morgan fingerprint density at radius 3 is 2.00 bits per heavy atom. The monoisotopic (exact) mass is 271 g/mol. The van der Waals surface area contributed by atoms with Crippen LogP contribution in [-0.4, -0.2) is 14.1 Å². The van der Waals surface area contributed by atoms with E-state index < -0.39 is 0 Å². The fourth-order valence-electron chi connectivity index (χ4n) is 1.98. The van der Waals surface area contributed by atoms with Crippen LogP contribution < -0.4 is 4.90 Å². The first kappa shape index (κ1) is 13.9. The van der Waals surface area contributed by atoms with Crippen molar-refractivity contribution >= 4 is 29.2 Å². The molecule has 0 amide bonds. The van der Waals surface area contributed by atoms with E-state index in [1.54, 1.807) is 0 Å². The predicted octanol–water partition coefficient (Wildman–Crippen LogP) is 4.91. The average molecular weight is 271 g/mol. The van der Waals surface area contributed by atoms with Gasteiger partial charge in [-0.05, 0) is 55.7 Å². The van der Waals surface area contributed by atoms with Crippen LogP contribution in [0.1, 0.15) is 26.4 Å². The maximum Gasteiger partial charge on any atom is 0.0361 e. The van der Waals surface area contributed by atoms with E-state index in [4.69, 9.17) is 0 Å². The van der Waals surface area contributed by atoms with Gasteiger partial charge >= 0.3 is 0 Å². The van der Waals surface area contributed by atoms with E-state index in [-0.39, 0.29) is 0 Å². The summed E-state index contributed by atoms with van der Waals surface area (Å²) < 4.78 is 0. The number of aryl methyl sites for hydroxylation is 1. The summed E-state index contributed by atoms with van der Waals surface area (Å²) in [4.78, 5) is 4.90. The Morgan fingerprint density at radius 2 is 1.53 bits per heavy atom. The molecular formula is C17H21NS. The third-order valence-corrected chi connectivity index (χ3v) is 4.83. The fraction of sp³-hybridized carbons (Fsp3) is 0.294. The van der Waals surface area contributed by atoms with Crippen molar-refractivity contribution in [1.82, 2.24) is 0 Å². The normalized spacial score (nSPS) is 11.2. The van der Waals surface area contributed by atoms with Crippen LogP contribution in [0.3, 0.4) is 0 Å². The molecule has 0 radical (unpaired) electrons. The Kier molecular flexibility index (Phi) is 4.11. The molecular weight excluding hydrogens is 250 g/mol. The Hall–Kier alpha value is -1.54. The molecule has 19 heavy (non-hydrogen) atoms. The van der Waals surface area contributed by atoms with Gasteiger partial charge in [0.15, 0.2) is 0 Å². The second kappa shape index (κ2) is 5.62. The van der Waals surface area contributed by atoms with Crippen LogP contribution in [0, 0.1) is 20.8 Å². The zero-order valence-electron chi connectivity index (χ0n) is 12.3. The molecule has 0 spiro atoms. The summed E-state index contributed by atoms with van der Waals surface area (Å²) in [6, 6.07) is 8.62. The van der Waals surface area contributed by atoms with Crippen molar-refractivity contribution in [3.05, 3.63) is 50.7 Å². The van der Waals surface area contributed by atoms with Crippen molar-refractivity contribution < 1.29 is 0 Å². The topological polar surface area (TPSA) is 3.24 Å². The molecule has 1 heterocycles. The van der Waals surface area contributed by atoms with Crippen LogP contribution in [0.5, 0.6) is 0 Å². The molecule has 2 aromatic rings. The molecule has 0 unspecified atom stereocenters. The largest absolute Gasteiger partial charge is 0.378 e. The molecule has 0 atom stereocenters. The van der Waals surface area contributed by atoms with Gasteiger partial charge in [0.2, 0.25) is 0 Å². The molecule has 1 aromatic heterocycles. The minimum atomic E-state index is 1.23. The van der Waals surface area contributed by atoms with Gasteiger partial charge < -0.3 is 4.90 Å². The molecule has 0 aliphatic carbocycles. The van der Waals surface area contributed by atoms with Gasteiger partial charge in [-0.25, -0.2) is 0 Å². The number of benzene rings is 1. The minimum absolute atomic E-state index is 1.23. The number of anilines is 1. The molecule has 1 aromatic carbocycles. The lowest BCUT2D eigenvalue weighted by Crippen LogP contribution is -2.07. The highest BCUT2D eigenvalue weighted by molar-refractivity contribution is 7.13. The Bertz CT molecular complexity index is 588.